The van der Waals surface area contributed by atoms with E-state index in [2.05, 4.69) is 44.9 Å². The average Bonchev–Trinajstić information content (AvgIpc) is 2.20. The van der Waals surface area contributed by atoms with Gasteiger partial charge in [-0.1, -0.05) is 0 Å². The van der Waals surface area contributed by atoms with Crippen LogP contribution in [0.3, 0.4) is 0 Å². The fraction of sp³-hybridized carbons (Fsp3) is 0.500. The molecule has 0 spiro atoms. The van der Waals surface area contributed by atoms with Gasteiger partial charge in [0.25, 0.3) is 0 Å². The van der Waals surface area contributed by atoms with Crippen molar-refractivity contribution in [2.75, 3.05) is 23.0 Å². The third-order valence-electron chi connectivity index (χ3n) is 2.37. The summed E-state index contributed by atoms with van der Waals surface area (Å²) in [6, 6.07) is 4.73. The fourth-order valence-corrected chi connectivity index (χ4v) is 2.85. The highest BCUT2D eigenvalue weighted by atomic mass is 79.9. The molecule has 0 radical (unpaired) electrons. The highest BCUT2D eigenvalue weighted by Crippen LogP contribution is 2.22. The Hall–Kier alpha value is -0.220. The normalized spacial score (nSPS) is 22.4. The van der Waals surface area contributed by atoms with Gasteiger partial charge in [0.15, 0.2) is 0 Å². The maximum Gasteiger partial charge on any atom is 0.128 e. The standard InChI is InChI=1S/C10H13BrN2S/c1-8-7-14-5-4-13(8)10-3-2-9(11)6-12-10/h2-3,6,8H,4-5,7H2,1H3/t8-/m1/s1. The van der Waals surface area contributed by atoms with E-state index >= 15 is 0 Å². The van der Waals surface area contributed by atoms with Crippen LogP contribution < -0.4 is 4.90 Å². The second-order valence-electron chi connectivity index (χ2n) is 3.45. The van der Waals surface area contributed by atoms with Crippen molar-refractivity contribution in [2.24, 2.45) is 0 Å². The molecule has 1 fully saturated rings. The van der Waals surface area contributed by atoms with Gasteiger partial charge in [-0.3, -0.25) is 0 Å². The lowest BCUT2D eigenvalue weighted by atomic mass is 10.3. The van der Waals surface area contributed by atoms with Gasteiger partial charge in [-0.2, -0.15) is 11.8 Å². The first-order valence-electron chi connectivity index (χ1n) is 4.73. The average molecular weight is 273 g/mol. The van der Waals surface area contributed by atoms with Crippen molar-refractivity contribution < 1.29 is 0 Å². The predicted molar refractivity (Wildman–Crippen MR) is 66.1 cm³/mol. The molecule has 0 amide bonds. The molecule has 0 aromatic carbocycles. The van der Waals surface area contributed by atoms with Crippen LogP contribution in [-0.4, -0.2) is 29.1 Å². The van der Waals surface area contributed by atoms with Crippen LogP contribution >= 0.6 is 27.7 Å². The molecule has 0 saturated carbocycles. The molecule has 1 aromatic heterocycles. The van der Waals surface area contributed by atoms with Gasteiger partial charge >= 0.3 is 0 Å². The van der Waals surface area contributed by atoms with Crippen LogP contribution in [0.2, 0.25) is 0 Å². The number of anilines is 1. The topological polar surface area (TPSA) is 16.1 Å². The smallest absolute Gasteiger partial charge is 0.128 e. The van der Waals surface area contributed by atoms with E-state index in [4.69, 9.17) is 0 Å². The molecule has 2 rings (SSSR count). The highest BCUT2D eigenvalue weighted by Gasteiger charge is 2.19. The van der Waals surface area contributed by atoms with Gasteiger partial charge in [-0.25, -0.2) is 4.98 Å². The SMILES string of the molecule is C[C@@H]1CSCCN1c1ccc(Br)cn1. The molecule has 0 N–H and O–H groups in total. The maximum absolute atomic E-state index is 4.42. The number of hydrogen-bond acceptors (Lipinski definition) is 3. The van der Waals surface area contributed by atoms with E-state index in [-0.39, 0.29) is 0 Å². The highest BCUT2D eigenvalue weighted by molar-refractivity contribution is 9.10. The minimum Gasteiger partial charge on any atom is -0.352 e. The van der Waals surface area contributed by atoms with Crippen LogP contribution in [-0.2, 0) is 0 Å². The number of aromatic nitrogens is 1. The summed E-state index contributed by atoms with van der Waals surface area (Å²) >= 11 is 5.43. The zero-order valence-corrected chi connectivity index (χ0v) is 10.5. The van der Waals surface area contributed by atoms with E-state index in [9.17, 15) is 0 Å². The van der Waals surface area contributed by atoms with Crippen molar-refractivity contribution in [1.29, 1.82) is 0 Å². The summed E-state index contributed by atoms with van der Waals surface area (Å²) in [7, 11) is 0. The predicted octanol–water partition coefficient (Wildman–Crippen LogP) is 2.79. The molecule has 4 heteroatoms. The van der Waals surface area contributed by atoms with Crippen LogP contribution in [0.5, 0.6) is 0 Å². The first-order chi connectivity index (χ1) is 6.77. The number of halogens is 1. The molecule has 1 aliphatic heterocycles. The zero-order valence-electron chi connectivity index (χ0n) is 8.11. The van der Waals surface area contributed by atoms with Crippen molar-refractivity contribution in [3.63, 3.8) is 0 Å². The van der Waals surface area contributed by atoms with Gasteiger partial charge in [0.1, 0.15) is 5.82 Å². The number of nitrogens with zero attached hydrogens (tertiary/aromatic N) is 2. The van der Waals surface area contributed by atoms with Crippen molar-refractivity contribution in [3.05, 3.63) is 22.8 Å². The molecule has 2 heterocycles. The Labute approximate surface area is 97.2 Å². The summed E-state index contributed by atoms with van der Waals surface area (Å²) in [5.41, 5.74) is 0. The Morgan fingerprint density at radius 2 is 2.43 bits per heavy atom. The Morgan fingerprint density at radius 1 is 1.57 bits per heavy atom. The quantitative estimate of drug-likeness (QED) is 0.782. The molecule has 1 saturated heterocycles. The fourth-order valence-electron chi connectivity index (χ4n) is 1.61. The Kier molecular flexibility index (Phi) is 3.34. The lowest BCUT2D eigenvalue weighted by Crippen LogP contribution is -2.40. The first-order valence-corrected chi connectivity index (χ1v) is 6.68. The molecule has 0 bridgehead atoms. The molecule has 2 nitrogen and oxygen atoms in total. The van der Waals surface area contributed by atoms with Crippen LogP contribution in [0, 0.1) is 0 Å². The number of thioether (sulfide) groups is 1. The molecule has 0 unspecified atom stereocenters. The van der Waals surface area contributed by atoms with Gasteiger partial charge in [0.05, 0.1) is 0 Å². The Balaban J connectivity index is 2.16. The van der Waals surface area contributed by atoms with Gasteiger partial charge in [-0.05, 0) is 35.0 Å². The van der Waals surface area contributed by atoms with Gasteiger partial charge in [0.2, 0.25) is 0 Å². The monoisotopic (exact) mass is 272 g/mol. The second-order valence-corrected chi connectivity index (χ2v) is 5.52. The minimum absolute atomic E-state index is 0.599. The largest absolute Gasteiger partial charge is 0.352 e. The van der Waals surface area contributed by atoms with E-state index in [0.717, 1.165) is 16.8 Å². The summed E-state index contributed by atoms with van der Waals surface area (Å²) in [6.45, 7) is 3.37. The van der Waals surface area contributed by atoms with Crippen molar-refractivity contribution in [3.8, 4) is 0 Å². The zero-order chi connectivity index (χ0) is 9.97. The van der Waals surface area contributed by atoms with E-state index in [1.807, 2.05) is 18.0 Å². The van der Waals surface area contributed by atoms with E-state index < -0.39 is 0 Å². The Bertz CT molecular complexity index is 301. The molecular formula is C10H13BrN2S. The van der Waals surface area contributed by atoms with Gasteiger partial charge < -0.3 is 4.90 Å². The molecular weight excluding hydrogens is 260 g/mol. The first kappa shape index (κ1) is 10.3. The molecule has 14 heavy (non-hydrogen) atoms. The van der Waals surface area contributed by atoms with Crippen molar-refractivity contribution in [2.45, 2.75) is 13.0 Å². The molecule has 76 valence electrons. The van der Waals surface area contributed by atoms with Crippen LogP contribution in [0.25, 0.3) is 0 Å². The minimum atomic E-state index is 0.599. The Morgan fingerprint density at radius 3 is 3.07 bits per heavy atom. The lowest BCUT2D eigenvalue weighted by molar-refractivity contribution is 0.690. The third-order valence-corrected chi connectivity index (χ3v) is 4.03. The molecule has 1 aromatic rings. The van der Waals surface area contributed by atoms with Gasteiger partial charge in [0, 0.05) is 34.8 Å². The van der Waals surface area contributed by atoms with E-state index in [1.165, 1.54) is 11.5 Å². The molecule has 1 atom stereocenters. The molecule has 1 aliphatic rings. The number of hydrogen-bond donors (Lipinski definition) is 0. The molecule has 0 aliphatic carbocycles. The van der Waals surface area contributed by atoms with Crippen LogP contribution in [0.15, 0.2) is 22.8 Å². The summed E-state index contributed by atoms with van der Waals surface area (Å²) in [5, 5.41) is 0. The van der Waals surface area contributed by atoms with E-state index in [0.29, 0.717) is 6.04 Å². The second kappa shape index (κ2) is 4.53. The summed E-state index contributed by atoms with van der Waals surface area (Å²) in [5.74, 6) is 3.51. The van der Waals surface area contributed by atoms with Crippen molar-refractivity contribution >= 4 is 33.5 Å². The third kappa shape index (κ3) is 2.23. The number of rotatable bonds is 1. The van der Waals surface area contributed by atoms with Crippen LogP contribution in [0.1, 0.15) is 6.92 Å². The lowest BCUT2D eigenvalue weighted by Gasteiger charge is -2.33. The van der Waals surface area contributed by atoms with Gasteiger partial charge in [-0.15, -0.1) is 0 Å². The summed E-state index contributed by atoms with van der Waals surface area (Å²) in [6.07, 6.45) is 1.86. The summed E-state index contributed by atoms with van der Waals surface area (Å²) < 4.78 is 1.04. The van der Waals surface area contributed by atoms with E-state index in [1.54, 1.807) is 0 Å². The van der Waals surface area contributed by atoms with Crippen LogP contribution in [0.4, 0.5) is 5.82 Å². The summed E-state index contributed by atoms with van der Waals surface area (Å²) in [4.78, 5) is 6.80. The maximum atomic E-state index is 4.42. The number of pyridine rings is 1. The van der Waals surface area contributed by atoms with Crippen molar-refractivity contribution in [1.82, 2.24) is 4.98 Å².